The number of rotatable bonds is 6. The number of hydrogen-bond acceptors (Lipinski definition) is 1. The molecular weight excluding hydrogens is 256 g/mol. The largest absolute Gasteiger partial charge is 0.493 e. The van der Waals surface area contributed by atoms with Crippen LogP contribution in [0.25, 0.3) is 0 Å². The van der Waals surface area contributed by atoms with Gasteiger partial charge in [0.2, 0.25) is 0 Å². The van der Waals surface area contributed by atoms with Crippen LogP contribution in [0.1, 0.15) is 55.7 Å². The van der Waals surface area contributed by atoms with Crippen molar-refractivity contribution in [2.24, 2.45) is 0 Å². The summed E-state index contributed by atoms with van der Waals surface area (Å²) in [4.78, 5) is 0. The highest BCUT2D eigenvalue weighted by Crippen LogP contribution is 2.39. The standard InChI is InChI=1S/C17H23ClO/c1-6-9-14(8-3)16-13(5)17(18)12(4)11-15(16)19-10-7-2/h1,11,14H,7-10H2,2-5H3. The minimum Gasteiger partial charge on any atom is -0.493 e. The van der Waals surface area contributed by atoms with Gasteiger partial charge in [-0.05, 0) is 49.8 Å². The lowest BCUT2D eigenvalue weighted by Gasteiger charge is -2.22. The number of hydrogen-bond donors (Lipinski definition) is 0. The third-order valence-corrected chi connectivity index (χ3v) is 4.00. The molecule has 0 aliphatic carbocycles. The summed E-state index contributed by atoms with van der Waals surface area (Å²) in [5.74, 6) is 4.03. The molecule has 19 heavy (non-hydrogen) atoms. The van der Waals surface area contributed by atoms with Crippen molar-refractivity contribution in [2.75, 3.05) is 6.61 Å². The van der Waals surface area contributed by atoms with E-state index in [-0.39, 0.29) is 0 Å². The molecule has 0 fully saturated rings. The zero-order valence-corrected chi connectivity index (χ0v) is 13.1. The van der Waals surface area contributed by atoms with Crippen molar-refractivity contribution in [3.63, 3.8) is 0 Å². The Bertz CT molecular complexity index is 471. The van der Waals surface area contributed by atoms with Crippen molar-refractivity contribution < 1.29 is 4.74 Å². The maximum atomic E-state index is 6.38. The zero-order chi connectivity index (χ0) is 14.4. The average Bonchev–Trinajstić information content (AvgIpc) is 2.41. The predicted molar refractivity (Wildman–Crippen MR) is 83.2 cm³/mol. The third-order valence-electron chi connectivity index (χ3n) is 3.42. The van der Waals surface area contributed by atoms with Crippen molar-refractivity contribution in [1.29, 1.82) is 0 Å². The first-order valence-electron chi connectivity index (χ1n) is 6.92. The van der Waals surface area contributed by atoms with Gasteiger partial charge in [-0.2, -0.15) is 0 Å². The van der Waals surface area contributed by atoms with Gasteiger partial charge < -0.3 is 4.74 Å². The fraction of sp³-hybridized carbons (Fsp3) is 0.529. The summed E-state index contributed by atoms with van der Waals surface area (Å²) >= 11 is 6.38. The molecule has 0 radical (unpaired) electrons. The monoisotopic (exact) mass is 278 g/mol. The van der Waals surface area contributed by atoms with Crippen LogP contribution < -0.4 is 4.74 Å². The van der Waals surface area contributed by atoms with Gasteiger partial charge in [0.25, 0.3) is 0 Å². The van der Waals surface area contributed by atoms with E-state index in [2.05, 4.69) is 26.7 Å². The molecule has 1 aromatic carbocycles. The Labute approximate surface area is 122 Å². The van der Waals surface area contributed by atoms with Crippen LogP contribution in [0.15, 0.2) is 6.07 Å². The summed E-state index contributed by atoms with van der Waals surface area (Å²) in [5, 5.41) is 0.828. The molecule has 1 nitrogen and oxygen atoms in total. The summed E-state index contributed by atoms with van der Waals surface area (Å²) in [6, 6.07) is 2.04. The summed E-state index contributed by atoms with van der Waals surface area (Å²) in [6.45, 7) is 9.05. The molecule has 1 rings (SSSR count). The molecule has 0 aromatic heterocycles. The predicted octanol–water partition coefficient (Wildman–Crippen LogP) is 5.26. The van der Waals surface area contributed by atoms with Crippen LogP contribution in [0.3, 0.4) is 0 Å². The lowest BCUT2D eigenvalue weighted by molar-refractivity contribution is 0.311. The summed E-state index contributed by atoms with van der Waals surface area (Å²) in [7, 11) is 0. The lowest BCUT2D eigenvalue weighted by atomic mass is 9.88. The highest BCUT2D eigenvalue weighted by molar-refractivity contribution is 6.32. The minimum atomic E-state index is 0.315. The lowest BCUT2D eigenvalue weighted by Crippen LogP contribution is -2.07. The second-order valence-electron chi connectivity index (χ2n) is 4.91. The van der Waals surface area contributed by atoms with Crippen LogP contribution in [0.2, 0.25) is 5.02 Å². The molecule has 104 valence electrons. The van der Waals surface area contributed by atoms with Gasteiger partial charge in [-0.1, -0.05) is 25.4 Å². The molecule has 0 saturated heterocycles. The SMILES string of the molecule is C#CCC(CC)c1c(OCCC)cc(C)c(Cl)c1C. The maximum absolute atomic E-state index is 6.38. The van der Waals surface area contributed by atoms with Crippen LogP contribution in [0.4, 0.5) is 0 Å². The molecule has 0 aliphatic rings. The van der Waals surface area contributed by atoms with E-state index in [4.69, 9.17) is 22.8 Å². The van der Waals surface area contributed by atoms with Crippen LogP contribution >= 0.6 is 11.6 Å². The Hall–Kier alpha value is -1.13. The molecule has 1 atom stereocenters. The van der Waals surface area contributed by atoms with Gasteiger partial charge in [0.15, 0.2) is 0 Å². The van der Waals surface area contributed by atoms with Gasteiger partial charge in [-0.15, -0.1) is 12.3 Å². The van der Waals surface area contributed by atoms with E-state index in [1.807, 2.05) is 13.0 Å². The van der Waals surface area contributed by atoms with Crippen molar-refractivity contribution in [1.82, 2.24) is 0 Å². The first-order chi connectivity index (χ1) is 9.06. The maximum Gasteiger partial charge on any atom is 0.123 e. The Morgan fingerprint density at radius 3 is 2.58 bits per heavy atom. The summed E-state index contributed by atoms with van der Waals surface area (Å²) in [6.07, 6.45) is 8.19. The van der Waals surface area contributed by atoms with Crippen molar-refractivity contribution in [2.45, 2.75) is 52.9 Å². The van der Waals surface area contributed by atoms with Crippen molar-refractivity contribution in [3.05, 3.63) is 27.8 Å². The van der Waals surface area contributed by atoms with Crippen LogP contribution in [0.5, 0.6) is 5.75 Å². The molecule has 0 heterocycles. The topological polar surface area (TPSA) is 9.23 Å². The molecule has 0 spiro atoms. The van der Waals surface area contributed by atoms with Gasteiger partial charge in [-0.25, -0.2) is 0 Å². The second kappa shape index (κ2) is 7.46. The Balaban J connectivity index is 3.31. The second-order valence-corrected chi connectivity index (χ2v) is 5.28. The highest BCUT2D eigenvalue weighted by atomic mass is 35.5. The number of benzene rings is 1. The number of ether oxygens (including phenoxy) is 1. The van der Waals surface area contributed by atoms with Gasteiger partial charge in [0.05, 0.1) is 6.61 Å². The molecular formula is C17H23ClO. The molecule has 2 heteroatoms. The highest BCUT2D eigenvalue weighted by Gasteiger charge is 2.20. The summed E-state index contributed by atoms with van der Waals surface area (Å²) in [5.41, 5.74) is 3.35. The third kappa shape index (κ3) is 3.67. The molecule has 0 saturated carbocycles. The van der Waals surface area contributed by atoms with Crippen LogP contribution in [-0.2, 0) is 0 Å². The van der Waals surface area contributed by atoms with E-state index in [1.165, 1.54) is 5.56 Å². The first kappa shape index (κ1) is 15.9. The molecule has 1 unspecified atom stereocenters. The normalized spacial score (nSPS) is 12.0. The minimum absolute atomic E-state index is 0.315. The average molecular weight is 279 g/mol. The van der Waals surface area contributed by atoms with E-state index in [1.54, 1.807) is 0 Å². The van der Waals surface area contributed by atoms with E-state index in [9.17, 15) is 0 Å². The first-order valence-corrected chi connectivity index (χ1v) is 7.30. The smallest absolute Gasteiger partial charge is 0.123 e. The van der Waals surface area contributed by atoms with E-state index >= 15 is 0 Å². The molecule has 0 bridgehead atoms. The van der Waals surface area contributed by atoms with Gasteiger partial charge in [0.1, 0.15) is 5.75 Å². The van der Waals surface area contributed by atoms with E-state index < -0.39 is 0 Å². The van der Waals surface area contributed by atoms with Crippen molar-refractivity contribution in [3.8, 4) is 18.1 Å². The molecule has 1 aromatic rings. The molecule has 0 N–H and O–H groups in total. The summed E-state index contributed by atoms with van der Waals surface area (Å²) < 4.78 is 5.90. The Morgan fingerprint density at radius 2 is 2.05 bits per heavy atom. The van der Waals surface area contributed by atoms with Gasteiger partial charge >= 0.3 is 0 Å². The van der Waals surface area contributed by atoms with Gasteiger partial charge in [0, 0.05) is 17.0 Å². The molecule has 0 amide bonds. The number of halogens is 1. The van der Waals surface area contributed by atoms with Crippen molar-refractivity contribution >= 4 is 11.6 Å². The van der Waals surface area contributed by atoms with E-state index in [0.29, 0.717) is 5.92 Å². The van der Waals surface area contributed by atoms with Crippen LogP contribution in [-0.4, -0.2) is 6.61 Å². The Kier molecular flexibility index (Phi) is 6.25. The molecule has 0 aliphatic heterocycles. The zero-order valence-electron chi connectivity index (χ0n) is 12.3. The number of terminal acetylenes is 1. The fourth-order valence-electron chi connectivity index (χ4n) is 2.37. The van der Waals surface area contributed by atoms with Gasteiger partial charge in [-0.3, -0.25) is 0 Å². The quantitative estimate of drug-likeness (QED) is 0.645. The number of aryl methyl sites for hydroxylation is 1. The Morgan fingerprint density at radius 1 is 1.37 bits per heavy atom. The van der Waals surface area contributed by atoms with E-state index in [0.717, 1.165) is 47.8 Å². The fourth-order valence-corrected chi connectivity index (χ4v) is 2.52. The van der Waals surface area contributed by atoms with Crippen LogP contribution in [0, 0.1) is 26.2 Å².